The van der Waals surface area contributed by atoms with E-state index in [1.165, 1.54) is 0 Å². The van der Waals surface area contributed by atoms with Gasteiger partial charge >= 0.3 is 0 Å². The average Bonchev–Trinajstić information content (AvgIpc) is 2.81. The Morgan fingerprint density at radius 3 is 2.90 bits per heavy atom. The second-order valence-corrected chi connectivity index (χ2v) is 4.14. The van der Waals surface area contributed by atoms with Crippen LogP contribution in [0.25, 0.3) is 0 Å². The van der Waals surface area contributed by atoms with Gasteiger partial charge < -0.3 is 20.3 Å². The number of amides is 1. The maximum absolute atomic E-state index is 12.0. The first-order valence-corrected chi connectivity index (χ1v) is 6.19. The van der Waals surface area contributed by atoms with Gasteiger partial charge in [0.25, 0.3) is 5.91 Å². The summed E-state index contributed by atoms with van der Waals surface area (Å²) < 4.78 is 10.3. The fraction of sp³-hybridized carbons (Fsp3) is 0.308. The molecule has 7 nitrogen and oxygen atoms in total. The lowest BCUT2D eigenvalue weighted by molar-refractivity contribution is 0.0946. The molecule has 0 saturated carbocycles. The molecule has 0 bridgehead atoms. The third-order valence-electron chi connectivity index (χ3n) is 2.47. The molecule has 0 radical (unpaired) electrons. The van der Waals surface area contributed by atoms with Crippen LogP contribution in [0, 0.1) is 6.92 Å². The van der Waals surface area contributed by atoms with E-state index in [1.54, 1.807) is 25.1 Å². The van der Waals surface area contributed by atoms with Gasteiger partial charge in [0.2, 0.25) is 5.89 Å². The Morgan fingerprint density at radius 2 is 2.25 bits per heavy atom. The van der Waals surface area contributed by atoms with Crippen molar-refractivity contribution in [2.75, 3.05) is 12.3 Å². The van der Waals surface area contributed by atoms with Crippen LogP contribution in [0.15, 0.2) is 22.7 Å². The Kier molecular flexibility index (Phi) is 4.19. The summed E-state index contributed by atoms with van der Waals surface area (Å²) in [4.78, 5) is 16.0. The molecule has 0 saturated heterocycles. The molecule has 0 unspecified atom stereocenters. The molecule has 106 valence electrons. The number of anilines is 1. The van der Waals surface area contributed by atoms with E-state index in [1.807, 2.05) is 6.92 Å². The molecule has 0 aliphatic carbocycles. The number of hydrogen-bond acceptors (Lipinski definition) is 6. The van der Waals surface area contributed by atoms with Crippen LogP contribution in [0.1, 0.15) is 29.0 Å². The Bertz CT molecular complexity index is 609. The van der Waals surface area contributed by atoms with Crippen molar-refractivity contribution in [3.63, 3.8) is 0 Å². The predicted octanol–water partition coefficient (Wildman–Crippen LogP) is 1.29. The highest BCUT2D eigenvalue weighted by Crippen LogP contribution is 2.19. The first kappa shape index (κ1) is 13.9. The van der Waals surface area contributed by atoms with Crippen LogP contribution in [0.2, 0.25) is 0 Å². The normalized spacial score (nSPS) is 10.3. The Hall–Kier alpha value is -2.57. The summed E-state index contributed by atoms with van der Waals surface area (Å²) in [5.41, 5.74) is 6.63. The van der Waals surface area contributed by atoms with Crippen molar-refractivity contribution in [2.24, 2.45) is 0 Å². The lowest BCUT2D eigenvalue weighted by atomic mass is 10.1. The van der Waals surface area contributed by atoms with Crippen LogP contribution in [0.3, 0.4) is 0 Å². The quantitative estimate of drug-likeness (QED) is 0.797. The summed E-state index contributed by atoms with van der Waals surface area (Å²) in [6.07, 6.45) is 0. The molecule has 1 aromatic heterocycles. The third kappa shape index (κ3) is 3.47. The number of nitrogens with two attached hydrogens (primary N) is 1. The molecular formula is C13H16N4O3. The molecule has 0 fully saturated rings. The average molecular weight is 276 g/mol. The van der Waals surface area contributed by atoms with Gasteiger partial charge in [-0.15, -0.1) is 0 Å². The number of aromatic nitrogens is 2. The fourth-order valence-electron chi connectivity index (χ4n) is 1.67. The summed E-state index contributed by atoms with van der Waals surface area (Å²) in [6.45, 7) is 4.24. The van der Waals surface area contributed by atoms with Crippen LogP contribution in [0.4, 0.5) is 5.69 Å². The molecule has 3 N–H and O–H groups in total. The molecule has 2 aromatic rings. The van der Waals surface area contributed by atoms with Gasteiger partial charge in [0.1, 0.15) is 5.75 Å². The summed E-state index contributed by atoms with van der Waals surface area (Å²) in [5.74, 6) is 1.15. The number of nitrogens with one attached hydrogen (secondary N) is 1. The van der Waals surface area contributed by atoms with Crippen LogP contribution in [0.5, 0.6) is 5.75 Å². The van der Waals surface area contributed by atoms with Gasteiger partial charge in [-0.25, -0.2) is 0 Å². The standard InChI is InChI=1S/C13H16N4O3/c1-3-19-11-5-9(4-10(14)6-11)13(18)15-7-12-16-8(2)17-20-12/h4-6H,3,7,14H2,1-2H3,(H,15,18). The maximum Gasteiger partial charge on any atom is 0.251 e. The van der Waals surface area contributed by atoms with Crippen molar-refractivity contribution < 1.29 is 14.1 Å². The molecular weight excluding hydrogens is 260 g/mol. The highest BCUT2D eigenvalue weighted by Gasteiger charge is 2.10. The molecule has 0 aliphatic rings. The molecule has 2 rings (SSSR count). The lowest BCUT2D eigenvalue weighted by Crippen LogP contribution is -2.23. The first-order chi connectivity index (χ1) is 9.58. The van der Waals surface area contributed by atoms with Crippen LogP contribution >= 0.6 is 0 Å². The molecule has 0 spiro atoms. The van der Waals surface area contributed by atoms with Crippen molar-refractivity contribution in [3.05, 3.63) is 35.5 Å². The molecule has 7 heteroatoms. The SMILES string of the molecule is CCOc1cc(N)cc(C(=O)NCc2nc(C)no2)c1. The van der Waals surface area contributed by atoms with Gasteiger partial charge in [-0.2, -0.15) is 4.98 Å². The highest BCUT2D eigenvalue weighted by atomic mass is 16.5. The number of carbonyl (C=O) groups is 1. The monoisotopic (exact) mass is 276 g/mol. The van der Waals surface area contributed by atoms with E-state index < -0.39 is 0 Å². The smallest absolute Gasteiger partial charge is 0.251 e. The van der Waals surface area contributed by atoms with E-state index in [2.05, 4.69) is 15.5 Å². The number of nitrogen functional groups attached to an aromatic ring is 1. The zero-order chi connectivity index (χ0) is 14.5. The minimum absolute atomic E-state index is 0.165. The first-order valence-electron chi connectivity index (χ1n) is 6.19. The second kappa shape index (κ2) is 6.05. The van der Waals surface area contributed by atoms with E-state index >= 15 is 0 Å². The van der Waals surface area contributed by atoms with E-state index in [-0.39, 0.29) is 12.5 Å². The zero-order valence-corrected chi connectivity index (χ0v) is 11.3. The molecule has 1 amide bonds. The number of carbonyl (C=O) groups excluding carboxylic acids is 1. The molecule has 0 aliphatic heterocycles. The van der Waals surface area contributed by atoms with E-state index in [0.29, 0.717) is 35.3 Å². The van der Waals surface area contributed by atoms with Gasteiger partial charge in [0, 0.05) is 17.3 Å². The van der Waals surface area contributed by atoms with Crippen LogP contribution in [-0.2, 0) is 6.54 Å². The second-order valence-electron chi connectivity index (χ2n) is 4.14. The van der Waals surface area contributed by atoms with Crippen LogP contribution in [-0.4, -0.2) is 22.7 Å². The number of aryl methyl sites for hydroxylation is 1. The molecule has 0 atom stereocenters. The van der Waals surface area contributed by atoms with E-state index in [0.717, 1.165) is 0 Å². The van der Waals surface area contributed by atoms with Crippen LogP contribution < -0.4 is 15.8 Å². The Labute approximate surface area is 116 Å². The van der Waals surface area contributed by atoms with Crippen molar-refractivity contribution in [3.8, 4) is 5.75 Å². The molecule has 20 heavy (non-hydrogen) atoms. The van der Waals surface area contributed by atoms with Crippen molar-refractivity contribution in [1.29, 1.82) is 0 Å². The topological polar surface area (TPSA) is 103 Å². The van der Waals surface area contributed by atoms with Gasteiger partial charge in [0.15, 0.2) is 5.82 Å². The number of benzene rings is 1. The predicted molar refractivity (Wildman–Crippen MR) is 72.2 cm³/mol. The minimum atomic E-state index is -0.283. The van der Waals surface area contributed by atoms with E-state index in [9.17, 15) is 4.79 Å². The summed E-state index contributed by atoms with van der Waals surface area (Å²) in [6, 6.07) is 4.88. The van der Waals surface area contributed by atoms with Gasteiger partial charge in [-0.3, -0.25) is 4.79 Å². The number of nitrogens with zero attached hydrogens (tertiary/aromatic N) is 2. The van der Waals surface area contributed by atoms with Gasteiger partial charge in [-0.1, -0.05) is 5.16 Å². The van der Waals surface area contributed by atoms with Crippen molar-refractivity contribution in [2.45, 2.75) is 20.4 Å². The highest BCUT2D eigenvalue weighted by molar-refractivity contribution is 5.95. The lowest BCUT2D eigenvalue weighted by Gasteiger charge is -2.08. The number of hydrogen-bond donors (Lipinski definition) is 2. The summed E-state index contributed by atoms with van der Waals surface area (Å²) in [7, 11) is 0. The molecule has 1 aromatic carbocycles. The minimum Gasteiger partial charge on any atom is -0.494 e. The summed E-state index contributed by atoms with van der Waals surface area (Å²) in [5, 5.41) is 6.32. The van der Waals surface area contributed by atoms with Gasteiger partial charge in [-0.05, 0) is 26.0 Å². The van der Waals surface area contributed by atoms with Crippen molar-refractivity contribution in [1.82, 2.24) is 15.5 Å². The number of rotatable bonds is 5. The zero-order valence-electron chi connectivity index (χ0n) is 11.3. The Balaban J connectivity index is 2.04. The fourth-order valence-corrected chi connectivity index (χ4v) is 1.67. The molecule has 1 heterocycles. The summed E-state index contributed by atoms with van der Waals surface area (Å²) >= 11 is 0. The maximum atomic E-state index is 12.0. The van der Waals surface area contributed by atoms with Crippen molar-refractivity contribution >= 4 is 11.6 Å². The largest absolute Gasteiger partial charge is 0.494 e. The van der Waals surface area contributed by atoms with Gasteiger partial charge in [0.05, 0.1) is 13.2 Å². The third-order valence-corrected chi connectivity index (χ3v) is 2.47. The van der Waals surface area contributed by atoms with E-state index in [4.69, 9.17) is 15.0 Å². The number of ether oxygens (including phenoxy) is 1. The Morgan fingerprint density at radius 1 is 1.45 bits per heavy atom.